The van der Waals surface area contributed by atoms with E-state index in [0.29, 0.717) is 35.9 Å². The molecule has 0 aliphatic carbocycles. The van der Waals surface area contributed by atoms with Gasteiger partial charge in [-0.1, -0.05) is 24.3 Å². The van der Waals surface area contributed by atoms with Gasteiger partial charge in [-0.15, -0.1) is 0 Å². The molecule has 0 saturated heterocycles. The van der Waals surface area contributed by atoms with E-state index in [1.807, 2.05) is 10.8 Å². The van der Waals surface area contributed by atoms with Gasteiger partial charge < -0.3 is 19.4 Å². The summed E-state index contributed by atoms with van der Waals surface area (Å²) in [6.45, 7) is 1.45. The van der Waals surface area contributed by atoms with Gasteiger partial charge >= 0.3 is 0 Å². The standard InChI is InChI=1S/C25H22FN3O3/c26-20-7-5-19(6-8-20)17-32-24-4-2-1-3-23(24)25(30)28-21-9-11-22(12-10-21)31-16-15-29-14-13-27-18-29/h1-14,18H,15-17H2,(H,28,30). The minimum atomic E-state index is -0.303. The number of halogens is 1. The van der Waals surface area contributed by atoms with Crippen LogP contribution in [0.15, 0.2) is 91.5 Å². The Bertz CT molecular complexity index is 1140. The van der Waals surface area contributed by atoms with Gasteiger partial charge in [0, 0.05) is 18.1 Å². The number of carbonyl (C=O) groups excluding carboxylic acids is 1. The number of imidazole rings is 1. The Labute approximate surface area is 185 Å². The number of para-hydroxylation sites is 1. The van der Waals surface area contributed by atoms with E-state index in [1.54, 1.807) is 73.2 Å². The Kier molecular flexibility index (Phi) is 6.77. The number of nitrogens with one attached hydrogen (secondary N) is 1. The first-order valence-corrected chi connectivity index (χ1v) is 10.1. The van der Waals surface area contributed by atoms with Crippen LogP contribution in [0.2, 0.25) is 0 Å². The molecule has 4 rings (SSSR count). The molecule has 4 aromatic rings. The van der Waals surface area contributed by atoms with E-state index in [1.165, 1.54) is 12.1 Å². The number of amides is 1. The van der Waals surface area contributed by atoms with Crippen LogP contribution in [0.3, 0.4) is 0 Å². The van der Waals surface area contributed by atoms with Crippen molar-refractivity contribution < 1.29 is 18.7 Å². The van der Waals surface area contributed by atoms with Gasteiger partial charge in [-0.2, -0.15) is 0 Å². The van der Waals surface area contributed by atoms with Gasteiger partial charge in [0.25, 0.3) is 5.91 Å². The molecule has 1 amide bonds. The number of ether oxygens (including phenoxy) is 2. The van der Waals surface area contributed by atoms with Crippen LogP contribution in [0.25, 0.3) is 0 Å². The number of nitrogens with zero attached hydrogens (tertiary/aromatic N) is 2. The third kappa shape index (κ3) is 5.72. The lowest BCUT2D eigenvalue weighted by Crippen LogP contribution is -2.13. The highest BCUT2D eigenvalue weighted by molar-refractivity contribution is 6.06. The maximum atomic E-state index is 13.1. The maximum absolute atomic E-state index is 13.1. The van der Waals surface area contributed by atoms with Crippen molar-refractivity contribution in [1.82, 2.24) is 9.55 Å². The van der Waals surface area contributed by atoms with Gasteiger partial charge in [0.15, 0.2) is 0 Å². The van der Waals surface area contributed by atoms with Crippen molar-refractivity contribution in [3.8, 4) is 11.5 Å². The highest BCUT2D eigenvalue weighted by Gasteiger charge is 2.13. The van der Waals surface area contributed by atoms with E-state index in [-0.39, 0.29) is 18.3 Å². The largest absolute Gasteiger partial charge is 0.492 e. The predicted octanol–water partition coefficient (Wildman–Crippen LogP) is 4.93. The highest BCUT2D eigenvalue weighted by Crippen LogP contribution is 2.22. The van der Waals surface area contributed by atoms with Crippen LogP contribution >= 0.6 is 0 Å². The molecule has 0 unspecified atom stereocenters. The Hall–Kier alpha value is -4.13. The molecule has 0 saturated carbocycles. The molecule has 1 N–H and O–H groups in total. The van der Waals surface area contributed by atoms with Gasteiger partial charge in [0.2, 0.25) is 0 Å². The summed E-state index contributed by atoms with van der Waals surface area (Å²) in [6, 6.07) is 20.2. The summed E-state index contributed by atoms with van der Waals surface area (Å²) in [4.78, 5) is 16.8. The predicted molar refractivity (Wildman–Crippen MR) is 119 cm³/mol. The highest BCUT2D eigenvalue weighted by atomic mass is 19.1. The van der Waals surface area contributed by atoms with Crippen LogP contribution in [-0.4, -0.2) is 22.1 Å². The third-order valence-electron chi connectivity index (χ3n) is 4.73. The second-order valence-corrected chi connectivity index (χ2v) is 7.04. The van der Waals surface area contributed by atoms with Gasteiger partial charge in [-0.05, 0) is 54.1 Å². The smallest absolute Gasteiger partial charge is 0.259 e. The van der Waals surface area contributed by atoms with E-state index in [0.717, 1.165) is 5.56 Å². The molecule has 0 aliphatic rings. The molecule has 32 heavy (non-hydrogen) atoms. The summed E-state index contributed by atoms with van der Waals surface area (Å²) in [7, 11) is 0. The topological polar surface area (TPSA) is 65.4 Å². The second-order valence-electron chi connectivity index (χ2n) is 7.04. The summed E-state index contributed by atoms with van der Waals surface area (Å²) < 4.78 is 26.5. The van der Waals surface area contributed by atoms with Crippen molar-refractivity contribution in [3.63, 3.8) is 0 Å². The molecule has 7 heteroatoms. The van der Waals surface area contributed by atoms with E-state index < -0.39 is 0 Å². The zero-order chi connectivity index (χ0) is 22.2. The zero-order valence-corrected chi connectivity index (χ0v) is 17.3. The van der Waals surface area contributed by atoms with Crippen LogP contribution in [0.4, 0.5) is 10.1 Å². The molecule has 3 aromatic carbocycles. The number of hydrogen-bond donors (Lipinski definition) is 1. The normalized spacial score (nSPS) is 10.5. The molecular formula is C25H22FN3O3. The fourth-order valence-corrected chi connectivity index (χ4v) is 3.04. The number of carbonyl (C=O) groups is 1. The quantitative estimate of drug-likeness (QED) is 0.408. The summed E-state index contributed by atoms with van der Waals surface area (Å²) in [5.41, 5.74) is 1.87. The van der Waals surface area contributed by atoms with E-state index in [2.05, 4.69) is 10.3 Å². The van der Waals surface area contributed by atoms with Gasteiger partial charge in [0.1, 0.15) is 30.5 Å². The molecule has 0 bridgehead atoms. The lowest BCUT2D eigenvalue weighted by atomic mass is 10.1. The van der Waals surface area contributed by atoms with E-state index >= 15 is 0 Å². The maximum Gasteiger partial charge on any atom is 0.259 e. The van der Waals surface area contributed by atoms with Crippen molar-refractivity contribution >= 4 is 11.6 Å². The number of anilines is 1. The first kappa shape index (κ1) is 21.1. The van der Waals surface area contributed by atoms with Gasteiger partial charge in [-0.25, -0.2) is 9.37 Å². The van der Waals surface area contributed by atoms with Crippen molar-refractivity contribution in [2.45, 2.75) is 13.2 Å². The summed E-state index contributed by atoms with van der Waals surface area (Å²) in [5.74, 6) is 0.580. The van der Waals surface area contributed by atoms with Crippen LogP contribution in [0.5, 0.6) is 11.5 Å². The van der Waals surface area contributed by atoms with E-state index in [9.17, 15) is 9.18 Å². The zero-order valence-electron chi connectivity index (χ0n) is 17.3. The molecule has 1 aromatic heterocycles. The Morgan fingerprint density at radius 2 is 1.75 bits per heavy atom. The van der Waals surface area contributed by atoms with Crippen LogP contribution in [0.1, 0.15) is 15.9 Å². The van der Waals surface area contributed by atoms with Crippen LogP contribution < -0.4 is 14.8 Å². The fraction of sp³-hybridized carbons (Fsp3) is 0.120. The van der Waals surface area contributed by atoms with Crippen molar-refractivity contribution in [2.24, 2.45) is 0 Å². The molecule has 0 aliphatic heterocycles. The van der Waals surface area contributed by atoms with Crippen molar-refractivity contribution in [3.05, 3.63) is 108 Å². The molecule has 0 radical (unpaired) electrons. The lowest BCUT2D eigenvalue weighted by molar-refractivity contribution is 0.102. The van der Waals surface area contributed by atoms with Crippen molar-refractivity contribution in [2.75, 3.05) is 11.9 Å². The van der Waals surface area contributed by atoms with Gasteiger partial charge in [-0.3, -0.25) is 4.79 Å². The third-order valence-corrected chi connectivity index (χ3v) is 4.73. The molecule has 1 heterocycles. The summed E-state index contributed by atoms with van der Waals surface area (Å²) in [5, 5.41) is 2.87. The average Bonchev–Trinajstić information content (AvgIpc) is 3.34. The summed E-state index contributed by atoms with van der Waals surface area (Å²) >= 11 is 0. The molecular weight excluding hydrogens is 409 g/mol. The molecule has 6 nitrogen and oxygen atoms in total. The van der Waals surface area contributed by atoms with Crippen LogP contribution in [0, 0.1) is 5.82 Å². The SMILES string of the molecule is O=C(Nc1ccc(OCCn2ccnc2)cc1)c1ccccc1OCc1ccc(F)cc1. The number of aromatic nitrogens is 2. The molecule has 0 spiro atoms. The lowest BCUT2D eigenvalue weighted by Gasteiger charge is -2.12. The average molecular weight is 431 g/mol. The van der Waals surface area contributed by atoms with Gasteiger partial charge in [0.05, 0.1) is 18.4 Å². The Balaban J connectivity index is 1.33. The van der Waals surface area contributed by atoms with Crippen LogP contribution in [-0.2, 0) is 13.2 Å². The van der Waals surface area contributed by atoms with E-state index in [4.69, 9.17) is 9.47 Å². The molecule has 162 valence electrons. The minimum Gasteiger partial charge on any atom is -0.492 e. The monoisotopic (exact) mass is 431 g/mol. The Morgan fingerprint density at radius 3 is 2.50 bits per heavy atom. The molecule has 0 fully saturated rings. The number of rotatable bonds is 9. The number of hydrogen-bond acceptors (Lipinski definition) is 4. The van der Waals surface area contributed by atoms with Crippen molar-refractivity contribution in [1.29, 1.82) is 0 Å². The number of benzene rings is 3. The minimum absolute atomic E-state index is 0.232. The second kappa shape index (κ2) is 10.3. The summed E-state index contributed by atoms with van der Waals surface area (Å²) in [6.07, 6.45) is 5.34. The first-order chi connectivity index (χ1) is 15.7. The molecule has 0 atom stereocenters. The fourth-order valence-electron chi connectivity index (χ4n) is 3.04. The Morgan fingerprint density at radius 1 is 0.969 bits per heavy atom. The first-order valence-electron chi connectivity index (χ1n) is 10.1.